The summed E-state index contributed by atoms with van der Waals surface area (Å²) in [6.45, 7) is 4.84. The molecule has 0 fully saturated rings. The first kappa shape index (κ1) is 21.9. The van der Waals surface area contributed by atoms with Gasteiger partial charge in [-0.2, -0.15) is 0 Å². The van der Waals surface area contributed by atoms with Gasteiger partial charge in [0.1, 0.15) is 6.54 Å². The maximum Gasteiger partial charge on any atom is 0.264 e. The Labute approximate surface area is 168 Å². The van der Waals surface area contributed by atoms with Gasteiger partial charge in [0, 0.05) is 6.54 Å². The van der Waals surface area contributed by atoms with Gasteiger partial charge in [0.2, 0.25) is 5.91 Å². The molecule has 0 saturated heterocycles. The van der Waals surface area contributed by atoms with Gasteiger partial charge in [0.05, 0.1) is 10.6 Å². The number of sulfonamides is 1. The highest BCUT2D eigenvalue weighted by Gasteiger charge is 2.28. The summed E-state index contributed by atoms with van der Waals surface area (Å²) in [5.74, 6) is -0.320. The van der Waals surface area contributed by atoms with Crippen LogP contribution in [0.25, 0.3) is 0 Å². The lowest BCUT2D eigenvalue weighted by Gasteiger charge is -2.26. The molecule has 0 saturated carbocycles. The smallest absolute Gasteiger partial charge is 0.264 e. The van der Waals surface area contributed by atoms with Crippen LogP contribution in [0.5, 0.6) is 0 Å². The first-order valence-electron chi connectivity index (χ1n) is 9.28. The van der Waals surface area contributed by atoms with Crippen molar-refractivity contribution >= 4 is 21.6 Å². The minimum Gasteiger partial charge on any atom is -0.354 e. The number of carbonyl (C=O) groups is 1. The lowest BCUT2D eigenvalue weighted by molar-refractivity contribution is -0.119. The molecule has 1 amide bonds. The zero-order chi connectivity index (χ0) is 20.7. The molecular formula is C21H29N3O3S. The third-order valence-electron chi connectivity index (χ3n) is 4.36. The summed E-state index contributed by atoms with van der Waals surface area (Å²) in [4.78, 5) is 14.7. The van der Waals surface area contributed by atoms with Crippen molar-refractivity contribution in [3.8, 4) is 0 Å². The number of amides is 1. The molecule has 2 aromatic carbocycles. The Morgan fingerprint density at radius 2 is 1.71 bits per heavy atom. The Balaban J connectivity index is 2.30. The quantitative estimate of drug-likeness (QED) is 0.654. The molecule has 0 atom stereocenters. The summed E-state index contributed by atoms with van der Waals surface area (Å²) < 4.78 is 27.8. The molecule has 152 valence electrons. The standard InChI is InChI=1S/C21H29N3O3S/c1-17-11-12-18(2)20(15-17)24(16-21(25)22-13-8-14-23(3)4)28(26,27)19-9-6-5-7-10-19/h5-7,9-12,15H,8,13-14,16H2,1-4H3,(H,22,25). The van der Waals surface area contributed by atoms with Gasteiger partial charge in [0.15, 0.2) is 0 Å². The molecule has 1 N–H and O–H groups in total. The summed E-state index contributed by atoms with van der Waals surface area (Å²) in [5, 5.41) is 2.82. The average molecular weight is 404 g/mol. The average Bonchev–Trinajstić information content (AvgIpc) is 2.66. The van der Waals surface area contributed by atoms with Crippen molar-refractivity contribution in [2.45, 2.75) is 25.2 Å². The van der Waals surface area contributed by atoms with Crippen molar-refractivity contribution in [1.82, 2.24) is 10.2 Å². The Bertz CT molecular complexity index is 896. The van der Waals surface area contributed by atoms with Crippen molar-refractivity contribution in [3.05, 3.63) is 59.7 Å². The third kappa shape index (κ3) is 5.81. The van der Waals surface area contributed by atoms with E-state index in [1.54, 1.807) is 36.4 Å². The number of hydrogen-bond donors (Lipinski definition) is 1. The van der Waals surface area contributed by atoms with Crippen LogP contribution in [0.2, 0.25) is 0 Å². The zero-order valence-electron chi connectivity index (χ0n) is 17.0. The van der Waals surface area contributed by atoms with Crippen molar-refractivity contribution in [3.63, 3.8) is 0 Å². The second-order valence-corrected chi connectivity index (χ2v) is 8.98. The Kier molecular flexibility index (Phi) is 7.60. The molecule has 28 heavy (non-hydrogen) atoms. The van der Waals surface area contributed by atoms with Crippen LogP contribution in [-0.2, 0) is 14.8 Å². The normalized spacial score (nSPS) is 11.5. The monoisotopic (exact) mass is 403 g/mol. The topological polar surface area (TPSA) is 69.7 Å². The molecular weight excluding hydrogens is 374 g/mol. The molecule has 0 radical (unpaired) electrons. The largest absolute Gasteiger partial charge is 0.354 e. The van der Waals surface area contributed by atoms with Crippen LogP contribution in [-0.4, -0.2) is 53.0 Å². The van der Waals surface area contributed by atoms with E-state index in [2.05, 4.69) is 5.32 Å². The number of rotatable bonds is 9. The minimum absolute atomic E-state index is 0.163. The summed E-state index contributed by atoms with van der Waals surface area (Å²) in [5.41, 5.74) is 2.25. The van der Waals surface area contributed by atoms with Gasteiger partial charge >= 0.3 is 0 Å². The first-order valence-corrected chi connectivity index (χ1v) is 10.7. The molecule has 6 nitrogen and oxygen atoms in total. The fourth-order valence-corrected chi connectivity index (χ4v) is 4.32. The molecule has 0 bridgehead atoms. The van der Waals surface area contributed by atoms with E-state index in [-0.39, 0.29) is 17.3 Å². The second-order valence-electron chi connectivity index (χ2n) is 7.12. The number of carbonyl (C=O) groups excluding carboxylic acids is 1. The number of nitrogens with zero attached hydrogens (tertiary/aromatic N) is 2. The van der Waals surface area contributed by atoms with E-state index >= 15 is 0 Å². The van der Waals surface area contributed by atoms with E-state index in [0.717, 1.165) is 24.1 Å². The SMILES string of the molecule is Cc1ccc(C)c(N(CC(=O)NCCCN(C)C)S(=O)(=O)c2ccccc2)c1. The van der Waals surface area contributed by atoms with Crippen molar-refractivity contribution < 1.29 is 13.2 Å². The van der Waals surface area contributed by atoms with Crippen molar-refractivity contribution in [2.24, 2.45) is 0 Å². The van der Waals surface area contributed by atoms with E-state index in [4.69, 9.17) is 0 Å². The predicted molar refractivity (Wildman–Crippen MR) is 113 cm³/mol. The van der Waals surface area contributed by atoms with Gasteiger partial charge in [-0.05, 0) is 70.2 Å². The van der Waals surface area contributed by atoms with Gasteiger partial charge in [-0.3, -0.25) is 9.10 Å². The molecule has 0 aliphatic carbocycles. The lowest BCUT2D eigenvalue weighted by Crippen LogP contribution is -2.41. The van der Waals surface area contributed by atoms with E-state index in [9.17, 15) is 13.2 Å². The van der Waals surface area contributed by atoms with Gasteiger partial charge in [-0.1, -0.05) is 30.3 Å². The van der Waals surface area contributed by atoms with E-state index in [0.29, 0.717) is 12.2 Å². The number of nitrogens with one attached hydrogen (secondary N) is 1. The molecule has 0 unspecified atom stereocenters. The molecule has 0 aliphatic heterocycles. The zero-order valence-corrected chi connectivity index (χ0v) is 17.8. The molecule has 2 rings (SSSR count). The minimum atomic E-state index is -3.87. The third-order valence-corrected chi connectivity index (χ3v) is 6.13. The molecule has 7 heteroatoms. The Morgan fingerprint density at radius 3 is 2.36 bits per heavy atom. The summed E-state index contributed by atoms with van der Waals surface area (Å²) in [6.07, 6.45) is 0.799. The van der Waals surface area contributed by atoms with Gasteiger partial charge in [-0.15, -0.1) is 0 Å². The second kappa shape index (κ2) is 9.71. The maximum absolute atomic E-state index is 13.3. The van der Waals surface area contributed by atoms with Crippen LogP contribution in [0.15, 0.2) is 53.4 Å². The van der Waals surface area contributed by atoms with Crippen molar-refractivity contribution in [2.75, 3.05) is 38.0 Å². The van der Waals surface area contributed by atoms with E-state index in [1.165, 1.54) is 4.31 Å². The molecule has 0 heterocycles. The highest BCUT2D eigenvalue weighted by Crippen LogP contribution is 2.27. The summed E-state index contributed by atoms with van der Waals surface area (Å²) >= 11 is 0. The summed E-state index contributed by atoms with van der Waals surface area (Å²) in [7, 11) is 0.0693. The van der Waals surface area contributed by atoms with E-state index < -0.39 is 10.0 Å². The van der Waals surface area contributed by atoms with Crippen LogP contribution in [0, 0.1) is 13.8 Å². The fraction of sp³-hybridized carbons (Fsp3) is 0.381. The van der Waals surface area contributed by atoms with Crippen LogP contribution >= 0.6 is 0 Å². The van der Waals surface area contributed by atoms with Crippen molar-refractivity contribution in [1.29, 1.82) is 0 Å². The van der Waals surface area contributed by atoms with Crippen LogP contribution in [0.4, 0.5) is 5.69 Å². The summed E-state index contributed by atoms with van der Waals surface area (Å²) in [6, 6.07) is 13.8. The molecule has 0 spiro atoms. The first-order chi connectivity index (χ1) is 13.2. The molecule has 0 aromatic heterocycles. The number of hydrogen-bond acceptors (Lipinski definition) is 4. The molecule has 2 aromatic rings. The Morgan fingerprint density at radius 1 is 1.04 bits per heavy atom. The van der Waals surface area contributed by atoms with E-state index in [1.807, 2.05) is 45.0 Å². The fourth-order valence-electron chi connectivity index (χ4n) is 2.82. The Hall–Kier alpha value is -2.38. The number of benzene rings is 2. The van der Waals surface area contributed by atoms with Crippen LogP contribution < -0.4 is 9.62 Å². The van der Waals surface area contributed by atoms with Gasteiger partial charge < -0.3 is 10.2 Å². The highest BCUT2D eigenvalue weighted by molar-refractivity contribution is 7.92. The van der Waals surface area contributed by atoms with Gasteiger partial charge in [0.25, 0.3) is 10.0 Å². The van der Waals surface area contributed by atoms with Crippen LogP contribution in [0.3, 0.4) is 0 Å². The molecule has 0 aliphatic rings. The van der Waals surface area contributed by atoms with Gasteiger partial charge in [-0.25, -0.2) is 8.42 Å². The number of anilines is 1. The van der Waals surface area contributed by atoms with Crippen LogP contribution in [0.1, 0.15) is 17.5 Å². The number of aryl methyl sites for hydroxylation is 2. The highest BCUT2D eigenvalue weighted by atomic mass is 32.2. The maximum atomic E-state index is 13.3. The predicted octanol–water partition coefficient (Wildman–Crippen LogP) is 2.57. The lowest BCUT2D eigenvalue weighted by atomic mass is 10.1.